The predicted octanol–water partition coefficient (Wildman–Crippen LogP) is 2.61. The molecule has 1 amide bonds. The molecule has 0 spiro atoms. The van der Waals surface area contributed by atoms with Gasteiger partial charge in [0, 0.05) is 13.1 Å². The summed E-state index contributed by atoms with van der Waals surface area (Å²) in [6.45, 7) is 2.86. The summed E-state index contributed by atoms with van der Waals surface area (Å²) in [4.78, 5) is 19.1. The third-order valence-electron chi connectivity index (χ3n) is 3.64. The van der Waals surface area contributed by atoms with E-state index in [9.17, 15) is 4.79 Å². The Morgan fingerprint density at radius 1 is 1.29 bits per heavy atom. The summed E-state index contributed by atoms with van der Waals surface area (Å²) >= 11 is 3.60. The number of hydrogen-bond donors (Lipinski definition) is 0. The lowest BCUT2D eigenvalue weighted by molar-refractivity contribution is -0.113. The second-order valence-electron chi connectivity index (χ2n) is 5.15. The molecule has 2 aliphatic heterocycles. The standard InChI is InChI=1S/C16H17IN2O4S/c1-21-12-8-10(7-11(17)14(12)22-2)9-13-15(20)18-16(24-13)19-3-5-23-6-4-19/h7-9H,3-6H2,1-2H3/b13-9+. The number of ether oxygens (including phenoxy) is 3. The molecule has 8 heteroatoms. The van der Waals surface area contributed by atoms with Crippen LogP contribution in [-0.2, 0) is 9.53 Å². The average molecular weight is 460 g/mol. The monoisotopic (exact) mass is 460 g/mol. The molecule has 0 N–H and O–H groups in total. The molecule has 0 saturated carbocycles. The highest BCUT2D eigenvalue weighted by atomic mass is 127. The Balaban J connectivity index is 1.82. The molecular weight excluding hydrogens is 443 g/mol. The van der Waals surface area contributed by atoms with E-state index < -0.39 is 0 Å². The van der Waals surface area contributed by atoms with Crippen molar-refractivity contribution in [2.75, 3.05) is 40.5 Å². The van der Waals surface area contributed by atoms with E-state index in [1.165, 1.54) is 11.8 Å². The fraction of sp³-hybridized carbons (Fsp3) is 0.375. The average Bonchev–Trinajstić information content (AvgIpc) is 2.96. The summed E-state index contributed by atoms with van der Waals surface area (Å²) in [5.41, 5.74) is 0.881. The molecular formula is C16H17IN2O4S. The number of halogens is 1. The second kappa shape index (κ2) is 7.75. The van der Waals surface area contributed by atoms with Crippen LogP contribution in [0.5, 0.6) is 11.5 Å². The van der Waals surface area contributed by atoms with E-state index in [4.69, 9.17) is 14.2 Å². The highest BCUT2D eigenvalue weighted by Gasteiger charge is 2.27. The zero-order valence-corrected chi connectivity index (χ0v) is 16.3. The summed E-state index contributed by atoms with van der Waals surface area (Å²) < 4.78 is 17.0. The first-order chi connectivity index (χ1) is 11.6. The van der Waals surface area contributed by atoms with Crippen LogP contribution in [0.1, 0.15) is 5.56 Å². The number of benzene rings is 1. The molecule has 3 rings (SSSR count). The van der Waals surface area contributed by atoms with Crippen LogP contribution in [0.25, 0.3) is 6.08 Å². The molecule has 2 aliphatic rings. The minimum absolute atomic E-state index is 0.203. The van der Waals surface area contributed by atoms with Crippen molar-refractivity contribution in [2.24, 2.45) is 4.99 Å². The van der Waals surface area contributed by atoms with Crippen LogP contribution in [0, 0.1) is 3.57 Å². The number of morpholine rings is 1. The predicted molar refractivity (Wildman–Crippen MR) is 103 cm³/mol. The molecule has 0 aromatic heterocycles. The molecule has 1 saturated heterocycles. The molecule has 24 heavy (non-hydrogen) atoms. The lowest BCUT2D eigenvalue weighted by atomic mass is 10.2. The largest absolute Gasteiger partial charge is 0.493 e. The van der Waals surface area contributed by atoms with Gasteiger partial charge < -0.3 is 19.1 Å². The minimum Gasteiger partial charge on any atom is -0.493 e. The molecule has 6 nitrogen and oxygen atoms in total. The van der Waals surface area contributed by atoms with Crippen molar-refractivity contribution in [3.05, 3.63) is 26.2 Å². The molecule has 0 atom stereocenters. The number of rotatable bonds is 3. The zero-order chi connectivity index (χ0) is 17.1. The van der Waals surface area contributed by atoms with E-state index in [1.54, 1.807) is 14.2 Å². The van der Waals surface area contributed by atoms with Crippen molar-refractivity contribution in [3.63, 3.8) is 0 Å². The van der Waals surface area contributed by atoms with Crippen LogP contribution in [0.4, 0.5) is 0 Å². The van der Waals surface area contributed by atoms with Crippen molar-refractivity contribution in [3.8, 4) is 11.5 Å². The molecule has 0 radical (unpaired) electrons. The Labute approximate surface area is 158 Å². The van der Waals surface area contributed by atoms with Gasteiger partial charge >= 0.3 is 0 Å². The van der Waals surface area contributed by atoms with E-state index in [-0.39, 0.29) is 5.91 Å². The molecule has 1 fully saturated rings. The van der Waals surface area contributed by atoms with Gasteiger partial charge in [0.1, 0.15) is 0 Å². The number of hydrogen-bond acceptors (Lipinski definition) is 6. The van der Waals surface area contributed by atoms with Gasteiger partial charge in [0.2, 0.25) is 0 Å². The molecule has 0 bridgehead atoms. The van der Waals surface area contributed by atoms with Crippen molar-refractivity contribution < 1.29 is 19.0 Å². The molecule has 128 valence electrons. The van der Waals surface area contributed by atoms with Gasteiger partial charge in [-0.25, -0.2) is 0 Å². The van der Waals surface area contributed by atoms with E-state index in [0.717, 1.165) is 27.4 Å². The summed E-state index contributed by atoms with van der Waals surface area (Å²) in [5.74, 6) is 1.13. The van der Waals surface area contributed by atoms with Gasteiger partial charge in [-0.1, -0.05) is 0 Å². The number of aliphatic imine (C=N–C) groups is 1. The van der Waals surface area contributed by atoms with Gasteiger partial charge in [-0.2, -0.15) is 4.99 Å². The van der Waals surface area contributed by atoms with Crippen molar-refractivity contribution >= 4 is 51.5 Å². The quantitative estimate of drug-likeness (QED) is 0.511. The van der Waals surface area contributed by atoms with Crippen LogP contribution in [-0.4, -0.2) is 56.5 Å². The number of carbonyl (C=O) groups excluding carboxylic acids is 1. The molecule has 1 aromatic carbocycles. The number of carbonyl (C=O) groups is 1. The van der Waals surface area contributed by atoms with E-state index in [0.29, 0.717) is 29.6 Å². The smallest absolute Gasteiger partial charge is 0.286 e. The molecule has 0 unspecified atom stereocenters. The van der Waals surface area contributed by atoms with Crippen LogP contribution >= 0.6 is 34.4 Å². The first-order valence-corrected chi connectivity index (χ1v) is 9.28. The van der Waals surface area contributed by atoms with Crippen LogP contribution < -0.4 is 9.47 Å². The van der Waals surface area contributed by atoms with Crippen LogP contribution in [0.2, 0.25) is 0 Å². The summed E-state index contributed by atoms with van der Waals surface area (Å²) in [6, 6.07) is 3.81. The minimum atomic E-state index is -0.203. The lowest BCUT2D eigenvalue weighted by Crippen LogP contribution is -2.38. The fourth-order valence-electron chi connectivity index (χ4n) is 2.46. The van der Waals surface area contributed by atoms with Crippen molar-refractivity contribution in [2.45, 2.75) is 0 Å². The summed E-state index contributed by atoms with van der Waals surface area (Å²) in [7, 11) is 3.21. The normalized spacial score (nSPS) is 19.6. The van der Waals surface area contributed by atoms with E-state index in [1.807, 2.05) is 18.2 Å². The van der Waals surface area contributed by atoms with Gasteiger partial charge in [-0.3, -0.25) is 4.79 Å². The molecule has 2 heterocycles. The number of amidine groups is 1. The zero-order valence-electron chi connectivity index (χ0n) is 13.4. The number of amides is 1. The second-order valence-corrected chi connectivity index (χ2v) is 7.32. The third kappa shape index (κ3) is 3.70. The SMILES string of the molecule is COc1cc(/C=C2/SC(N3CCOCC3)=NC2=O)cc(I)c1OC. The Bertz CT molecular complexity index is 714. The Morgan fingerprint density at radius 2 is 2.04 bits per heavy atom. The Hall–Kier alpha value is -1.26. The topological polar surface area (TPSA) is 60.4 Å². The highest BCUT2D eigenvalue weighted by Crippen LogP contribution is 2.36. The lowest BCUT2D eigenvalue weighted by Gasteiger charge is -2.27. The summed E-state index contributed by atoms with van der Waals surface area (Å²) in [5, 5.41) is 0.754. The van der Waals surface area contributed by atoms with Gasteiger partial charge in [0.05, 0.1) is 35.9 Å². The number of thioether (sulfide) groups is 1. The first-order valence-electron chi connectivity index (χ1n) is 7.39. The molecule has 1 aromatic rings. The maximum atomic E-state index is 12.2. The molecule has 0 aliphatic carbocycles. The first kappa shape index (κ1) is 17.6. The van der Waals surface area contributed by atoms with E-state index in [2.05, 4.69) is 32.5 Å². The highest BCUT2D eigenvalue weighted by molar-refractivity contribution is 14.1. The third-order valence-corrected chi connectivity index (χ3v) is 5.49. The number of methoxy groups -OCH3 is 2. The summed E-state index contributed by atoms with van der Waals surface area (Å²) in [6.07, 6.45) is 1.84. The van der Waals surface area contributed by atoms with Crippen molar-refractivity contribution in [1.29, 1.82) is 0 Å². The Morgan fingerprint density at radius 3 is 2.71 bits per heavy atom. The van der Waals surface area contributed by atoms with Crippen molar-refractivity contribution in [1.82, 2.24) is 4.90 Å². The van der Waals surface area contributed by atoms with Gasteiger partial charge in [-0.15, -0.1) is 0 Å². The van der Waals surface area contributed by atoms with Gasteiger partial charge in [0.25, 0.3) is 5.91 Å². The number of nitrogens with zero attached hydrogens (tertiary/aromatic N) is 2. The maximum Gasteiger partial charge on any atom is 0.286 e. The Kier molecular flexibility index (Phi) is 5.67. The van der Waals surface area contributed by atoms with Crippen LogP contribution in [0.3, 0.4) is 0 Å². The van der Waals surface area contributed by atoms with Gasteiger partial charge in [-0.05, 0) is 58.1 Å². The maximum absolute atomic E-state index is 12.2. The van der Waals surface area contributed by atoms with Gasteiger partial charge in [0.15, 0.2) is 16.7 Å². The van der Waals surface area contributed by atoms with E-state index >= 15 is 0 Å². The van der Waals surface area contributed by atoms with Crippen LogP contribution in [0.15, 0.2) is 22.0 Å². The fourth-order valence-corrected chi connectivity index (χ4v) is 4.27.